The van der Waals surface area contributed by atoms with Gasteiger partial charge in [-0.2, -0.15) is 0 Å². The van der Waals surface area contributed by atoms with Gasteiger partial charge in [0.05, 0.1) is 18.6 Å². The van der Waals surface area contributed by atoms with Crippen molar-refractivity contribution in [3.05, 3.63) is 22.7 Å². The maximum atomic E-state index is 8.74. The van der Waals surface area contributed by atoms with Crippen LogP contribution in [0.1, 0.15) is 5.56 Å². The summed E-state index contributed by atoms with van der Waals surface area (Å²) in [6.07, 6.45) is 0. The van der Waals surface area contributed by atoms with Crippen LogP contribution in [-0.2, 0) is 0 Å². The van der Waals surface area contributed by atoms with Gasteiger partial charge >= 0.3 is 0 Å². The van der Waals surface area contributed by atoms with Gasteiger partial charge in [0.15, 0.2) is 0 Å². The van der Waals surface area contributed by atoms with E-state index in [9.17, 15) is 0 Å². The van der Waals surface area contributed by atoms with Gasteiger partial charge in [-0.25, -0.2) is 0 Å². The van der Waals surface area contributed by atoms with Crippen LogP contribution in [0.15, 0.2) is 17.0 Å². The predicted octanol–water partition coefficient (Wildman–Crippen LogP) is 2.74. The van der Waals surface area contributed by atoms with Crippen molar-refractivity contribution < 1.29 is 9.84 Å². The van der Waals surface area contributed by atoms with E-state index in [1.807, 2.05) is 19.1 Å². The highest BCUT2D eigenvalue weighted by molar-refractivity contribution is 7.99. The summed E-state index contributed by atoms with van der Waals surface area (Å²) >= 11 is 7.47. The average Bonchev–Trinajstić information content (AvgIpc) is 2.14. The Morgan fingerprint density at radius 1 is 1.50 bits per heavy atom. The van der Waals surface area contributed by atoms with Gasteiger partial charge in [-0.3, -0.25) is 0 Å². The molecule has 0 saturated carbocycles. The van der Waals surface area contributed by atoms with Crippen LogP contribution in [0, 0.1) is 6.92 Å². The second-order valence-corrected chi connectivity index (χ2v) is 4.40. The number of aliphatic hydroxyl groups is 1. The van der Waals surface area contributed by atoms with E-state index < -0.39 is 0 Å². The first-order chi connectivity index (χ1) is 6.69. The van der Waals surface area contributed by atoms with Crippen LogP contribution in [0.4, 0.5) is 0 Å². The molecule has 14 heavy (non-hydrogen) atoms. The van der Waals surface area contributed by atoms with Crippen LogP contribution < -0.4 is 4.74 Å². The van der Waals surface area contributed by atoms with Crippen LogP contribution in [-0.4, -0.2) is 24.6 Å². The van der Waals surface area contributed by atoms with E-state index in [4.69, 9.17) is 21.4 Å². The lowest BCUT2D eigenvalue weighted by atomic mass is 10.2. The van der Waals surface area contributed by atoms with Crippen LogP contribution in [0.3, 0.4) is 0 Å². The second kappa shape index (κ2) is 5.49. The third kappa shape index (κ3) is 2.80. The number of aliphatic hydroxyl groups excluding tert-OH is 1. The molecule has 0 amide bonds. The molecule has 0 unspecified atom stereocenters. The number of rotatable bonds is 4. The zero-order valence-corrected chi connectivity index (χ0v) is 9.78. The third-order valence-electron chi connectivity index (χ3n) is 1.76. The number of hydrogen-bond acceptors (Lipinski definition) is 3. The Morgan fingerprint density at radius 3 is 2.79 bits per heavy atom. The molecule has 2 nitrogen and oxygen atoms in total. The molecule has 1 rings (SSSR count). The number of benzene rings is 1. The van der Waals surface area contributed by atoms with E-state index >= 15 is 0 Å². The van der Waals surface area contributed by atoms with Crippen LogP contribution in [0.25, 0.3) is 0 Å². The van der Waals surface area contributed by atoms with Gasteiger partial charge in [-0.15, -0.1) is 11.8 Å². The van der Waals surface area contributed by atoms with Crippen molar-refractivity contribution >= 4 is 23.4 Å². The molecule has 78 valence electrons. The molecule has 0 fully saturated rings. The van der Waals surface area contributed by atoms with Crippen molar-refractivity contribution in [2.75, 3.05) is 19.5 Å². The summed E-state index contributed by atoms with van der Waals surface area (Å²) in [5, 5.41) is 9.43. The Bertz CT molecular complexity index is 315. The van der Waals surface area contributed by atoms with Crippen molar-refractivity contribution in [2.24, 2.45) is 0 Å². The van der Waals surface area contributed by atoms with Crippen LogP contribution in [0.2, 0.25) is 5.02 Å². The fourth-order valence-electron chi connectivity index (χ4n) is 1.22. The fourth-order valence-corrected chi connectivity index (χ4v) is 2.46. The normalized spacial score (nSPS) is 10.3. The van der Waals surface area contributed by atoms with Gasteiger partial charge < -0.3 is 9.84 Å². The SMILES string of the molecule is COc1c(C)cc(Cl)cc1SCCO. The first kappa shape index (κ1) is 11.7. The maximum Gasteiger partial charge on any atom is 0.135 e. The van der Waals surface area contributed by atoms with Gasteiger partial charge in [-0.1, -0.05) is 11.6 Å². The summed E-state index contributed by atoms with van der Waals surface area (Å²) in [6.45, 7) is 2.10. The monoisotopic (exact) mass is 232 g/mol. The minimum absolute atomic E-state index is 0.152. The molecule has 1 N–H and O–H groups in total. The van der Waals surface area contributed by atoms with Crippen molar-refractivity contribution in [2.45, 2.75) is 11.8 Å². The lowest BCUT2D eigenvalue weighted by molar-refractivity contribution is 0.322. The molecule has 0 heterocycles. The van der Waals surface area contributed by atoms with E-state index in [1.165, 1.54) is 0 Å². The molecule has 0 saturated heterocycles. The smallest absolute Gasteiger partial charge is 0.135 e. The van der Waals surface area contributed by atoms with Gasteiger partial charge in [0.2, 0.25) is 0 Å². The molecule has 0 bridgehead atoms. The first-order valence-electron chi connectivity index (χ1n) is 4.27. The molecule has 0 aliphatic heterocycles. The fraction of sp³-hybridized carbons (Fsp3) is 0.400. The van der Waals surface area contributed by atoms with E-state index in [0.717, 1.165) is 16.2 Å². The van der Waals surface area contributed by atoms with Crippen molar-refractivity contribution in [3.63, 3.8) is 0 Å². The Kier molecular flexibility index (Phi) is 4.58. The molecule has 0 radical (unpaired) electrons. The van der Waals surface area contributed by atoms with E-state index in [-0.39, 0.29) is 6.61 Å². The van der Waals surface area contributed by atoms with Crippen LogP contribution >= 0.6 is 23.4 Å². The maximum absolute atomic E-state index is 8.74. The number of hydrogen-bond donors (Lipinski definition) is 1. The zero-order valence-electron chi connectivity index (χ0n) is 8.21. The number of ether oxygens (including phenoxy) is 1. The summed E-state index contributed by atoms with van der Waals surface area (Å²) in [4.78, 5) is 0.978. The van der Waals surface area contributed by atoms with Crippen LogP contribution in [0.5, 0.6) is 5.75 Å². The third-order valence-corrected chi connectivity index (χ3v) is 2.98. The highest BCUT2D eigenvalue weighted by Crippen LogP contribution is 2.34. The number of aryl methyl sites for hydroxylation is 1. The number of thioether (sulfide) groups is 1. The summed E-state index contributed by atoms with van der Waals surface area (Å²) in [5.74, 6) is 1.49. The molecular weight excluding hydrogens is 220 g/mol. The van der Waals surface area contributed by atoms with Gasteiger partial charge in [0.1, 0.15) is 5.75 Å². The minimum atomic E-state index is 0.152. The van der Waals surface area contributed by atoms with E-state index in [0.29, 0.717) is 10.8 Å². The quantitative estimate of drug-likeness (QED) is 0.810. The minimum Gasteiger partial charge on any atom is -0.495 e. The Morgan fingerprint density at radius 2 is 2.21 bits per heavy atom. The molecule has 0 spiro atoms. The Balaban J connectivity index is 2.99. The van der Waals surface area contributed by atoms with E-state index in [1.54, 1.807) is 18.9 Å². The number of methoxy groups -OCH3 is 1. The largest absolute Gasteiger partial charge is 0.495 e. The lowest BCUT2D eigenvalue weighted by Gasteiger charge is -2.10. The highest BCUT2D eigenvalue weighted by atomic mass is 35.5. The predicted molar refractivity (Wildman–Crippen MR) is 60.6 cm³/mol. The topological polar surface area (TPSA) is 29.5 Å². The van der Waals surface area contributed by atoms with Crippen molar-refractivity contribution in [1.82, 2.24) is 0 Å². The average molecular weight is 233 g/mol. The first-order valence-corrected chi connectivity index (χ1v) is 5.63. The van der Waals surface area contributed by atoms with Gasteiger partial charge in [-0.05, 0) is 24.6 Å². The molecule has 0 aliphatic rings. The second-order valence-electron chi connectivity index (χ2n) is 2.83. The summed E-state index contributed by atoms with van der Waals surface area (Å²) in [6, 6.07) is 3.72. The standard InChI is InChI=1S/C10H13ClO2S/c1-7-5-8(11)6-9(10(7)13-2)14-4-3-12/h5-6,12H,3-4H2,1-2H3. The molecular formula is C10H13ClO2S. The molecule has 0 aromatic heterocycles. The van der Waals surface area contributed by atoms with E-state index in [2.05, 4.69) is 0 Å². The van der Waals surface area contributed by atoms with Gasteiger partial charge in [0.25, 0.3) is 0 Å². The zero-order chi connectivity index (χ0) is 10.6. The lowest BCUT2D eigenvalue weighted by Crippen LogP contribution is -1.92. The molecule has 4 heteroatoms. The Hall–Kier alpha value is -0.380. The summed E-state index contributed by atoms with van der Waals surface area (Å²) in [5.41, 5.74) is 1.01. The van der Waals surface area contributed by atoms with Gasteiger partial charge in [0, 0.05) is 10.8 Å². The Labute approximate surface area is 93.2 Å². The molecule has 1 aromatic rings. The molecule has 1 aromatic carbocycles. The molecule has 0 atom stereocenters. The van der Waals surface area contributed by atoms with Crippen molar-refractivity contribution in [1.29, 1.82) is 0 Å². The number of halogens is 1. The highest BCUT2D eigenvalue weighted by Gasteiger charge is 2.08. The summed E-state index contributed by atoms with van der Waals surface area (Å²) < 4.78 is 5.27. The van der Waals surface area contributed by atoms with Crippen molar-refractivity contribution in [3.8, 4) is 5.75 Å². The molecule has 0 aliphatic carbocycles. The summed E-state index contributed by atoms with van der Waals surface area (Å²) in [7, 11) is 1.64.